The Kier molecular flexibility index (Phi) is 4.33. The Labute approximate surface area is 152 Å². The largest absolute Gasteiger partial charge is 0.267 e. The van der Waals surface area contributed by atoms with Gasteiger partial charge < -0.3 is 0 Å². The maximum atomic E-state index is 13.1. The van der Waals surface area contributed by atoms with Crippen LogP contribution in [0.15, 0.2) is 47.6 Å². The molecule has 136 valence electrons. The standard InChI is InChI=1S/C17H20N6O2S/c1-14-5-2-6-15(11-14)26(24,25)22-9-4-10-23-17(13-22)16(19-20-23)12-21-8-3-7-18-21/h2-3,5-8,11H,4,9-10,12-13H2,1H3. The Balaban J connectivity index is 1.66. The molecule has 3 aromatic rings. The first-order valence-electron chi connectivity index (χ1n) is 8.49. The molecular formula is C17H20N6O2S. The molecule has 0 radical (unpaired) electrons. The second-order valence-corrected chi connectivity index (χ2v) is 8.36. The zero-order chi connectivity index (χ0) is 18.1. The van der Waals surface area contributed by atoms with E-state index in [0.717, 1.165) is 17.0 Å². The number of rotatable bonds is 4. The quantitative estimate of drug-likeness (QED) is 0.691. The summed E-state index contributed by atoms with van der Waals surface area (Å²) < 4.78 is 31.3. The third-order valence-corrected chi connectivity index (χ3v) is 6.36. The van der Waals surface area contributed by atoms with Crippen LogP contribution in [0.1, 0.15) is 23.4 Å². The molecule has 0 bridgehead atoms. The van der Waals surface area contributed by atoms with Gasteiger partial charge in [-0.15, -0.1) is 5.10 Å². The van der Waals surface area contributed by atoms with Crippen molar-refractivity contribution in [3.63, 3.8) is 0 Å². The van der Waals surface area contributed by atoms with Gasteiger partial charge in [-0.05, 0) is 37.1 Å². The third kappa shape index (κ3) is 3.15. The number of hydrogen-bond donors (Lipinski definition) is 0. The van der Waals surface area contributed by atoms with Gasteiger partial charge in [0.2, 0.25) is 10.0 Å². The molecule has 1 aliphatic rings. The van der Waals surface area contributed by atoms with Crippen molar-refractivity contribution in [3.05, 3.63) is 59.7 Å². The molecule has 0 N–H and O–H groups in total. The number of fused-ring (bicyclic) bond motifs is 1. The molecule has 0 unspecified atom stereocenters. The van der Waals surface area contributed by atoms with Crippen molar-refractivity contribution in [3.8, 4) is 0 Å². The highest BCUT2D eigenvalue weighted by atomic mass is 32.2. The Morgan fingerprint density at radius 3 is 2.85 bits per heavy atom. The first kappa shape index (κ1) is 16.9. The van der Waals surface area contributed by atoms with Crippen LogP contribution in [-0.4, -0.2) is 44.0 Å². The van der Waals surface area contributed by atoms with Crippen molar-refractivity contribution >= 4 is 10.0 Å². The second kappa shape index (κ2) is 6.65. The maximum absolute atomic E-state index is 13.1. The van der Waals surface area contributed by atoms with Crippen molar-refractivity contribution in [2.75, 3.05) is 6.54 Å². The summed E-state index contributed by atoms with van der Waals surface area (Å²) in [7, 11) is -3.57. The fourth-order valence-electron chi connectivity index (χ4n) is 3.16. The van der Waals surface area contributed by atoms with E-state index >= 15 is 0 Å². The van der Waals surface area contributed by atoms with Crippen LogP contribution in [0, 0.1) is 6.92 Å². The van der Waals surface area contributed by atoms with E-state index in [9.17, 15) is 8.42 Å². The van der Waals surface area contributed by atoms with Crippen molar-refractivity contribution in [2.24, 2.45) is 0 Å². The van der Waals surface area contributed by atoms with Gasteiger partial charge >= 0.3 is 0 Å². The number of benzene rings is 1. The van der Waals surface area contributed by atoms with Gasteiger partial charge in [-0.25, -0.2) is 13.1 Å². The summed E-state index contributed by atoms with van der Waals surface area (Å²) in [5, 5.41) is 12.6. The van der Waals surface area contributed by atoms with Crippen LogP contribution in [0.3, 0.4) is 0 Å². The Morgan fingerprint density at radius 1 is 1.19 bits per heavy atom. The van der Waals surface area contributed by atoms with Crippen LogP contribution in [0.5, 0.6) is 0 Å². The van der Waals surface area contributed by atoms with Gasteiger partial charge in [-0.1, -0.05) is 17.3 Å². The summed E-state index contributed by atoms with van der Waals surface area (Å²) in [5.41, 5.74) is 2.50. The molecule has 0 saturated carbocycles. The summed E-state index contributed by atoms with van der Waals surface area (Å²) in [4.78, 5) is 0.326. The Bertz CT molecular complexity index is 1010. The SMILES string of the molecule is Cc1cccc(S(=O)(=O)N2CCCn3nnc(Cn4cccn4)c3C2)c1. The fourth-order valence-corrected chi connectivity index (χ4v) is 4.71. The number of nitrogens with zero attached hydrogens (tertiary/aromatic N) is 6. The van der Waals surface area contributed by atoms with Crippen LogP contribution in [0.4, 0.5) is 0 Å². The number of hydrogen-bond acceptors (Lipinski definition) is 5. The van der Waals surface area contributed by atoms with Gasteiger partial charge in [0.05, 0.1) is 23.7 Å². The lowest BCUT2D eigenvalue weighted by Gasteiger charge is -2.20. The average Bonchev–Trinajstić information content (AvgIpc) is 3.20. The highest BCUT2D eigenvalue weighted by Crippen LogP contribution is 2.23. The van der Waals surface area contributed by atoms with Gasteiger partial charge in [0.15, 0.2) is 0 Å². The molecule has 0 atom stereocenters. The smallest absolute Gasteiger partial charge is 0.243 e. The molecule has 0 fully saturated rings. The summed E-state index contributed by atoms with van der Waals surface area (Å²) in [5.74, 6) is 0. The molecule has 0 amide bonds. The zero-order valence-electron chi connectivity index (χ0n) is 14.5. The van der Waals surface area contributed by atoms with Crippen LogP contribution < -0.4 is 0 Å². The fraction of sp³-hybridized carbons (Fsp3) is 0.353. The van der Waals surface area contributed by atoms with Crippen molar-refractivity contribution in [2.45, 2.75) is 37.9 Å². The lowest BCUT2D eigenvalue weighted by molar-refractivity contribution is 0.407. The monoisotopic (exact) mass is 372 g/mol. The first-order chi connectivity index (χ1) is 12.5. The van der Waals surface area contributed by atoms with E-state index in [1.165, 1.54) is 4.31 Å². The van der Waals surface area contributed by atoms with Gasteiger partial charge in [0.25, 0.3) is 0 Å². The second-order valence-electron chi connectivity index (χ2n) is 6.42. The minimum Gasteiger partial charge on any atom is -0.267 e. The minimum absolute atomic E-state index is 0.264. The normalized spacial score (nSPS) is 15.6. The van der Waals surface area contributed by atoms with Crippen LogP contribution in [-0.2, 0) is 29.7 Å². The van der Waals surface area contributed by atoms with Gasteiger partial charge in [-0.3, -0.25) is 4.68 Å². The molecule has 26 heavy (non-hydrogen) atoms. The predicted molar refractivity (Wildman–Crippen MR) is 94.7 cm³/mol. The topological polar surface area (TPSA) is 85.9 Å². The van der Waals surface area contributed by atoms with E-state index in [1.807, 2.05) is 29.9 Å². The lowest BCUT2D eigenvalue weighted by atomic mass is 10.2. The molecular weight excluding hydrogens is 352 g/mol. The molecule has 0 spiro atoms. The zero-order valence-corrected chi connectivity index (χ0v) is 15.3. The van der Waals surface area contributed by atoms with E-state index in [4.69, 9.17) is 0 Å². The molecule has 9 heteroatoms. The van der Waals surface area contributed by atoms with Gasteiger partial charge in [0.1, 0.15) is 5.69 Å². The Morgan fingerprint density at radius 2 is 2.08 bits per heavy atom. The number of sulfonamides is 1. The predicted octanol–water partition coefficient (Wildman–Crippen LogP) is 1.43. The van der Waals surface area contributed by atoms with Crippen molar-refractivity contribution in [1.29, 1.82) is 0 Å². The Hall–Kier alpha value is -2.52. The molecule has 0 saturated heterocycles. The van der Waals surface area contributed by atoms with E-state index in [-0.39, 0.29) is 6.54 Å². The van der Waals surface area contributed by atoms with Gasteiger partial charge in [-0.2, -0.15) is 9.40 Å². The number of aromatic nitrogens is 5. The van der Waals surface area contributed by atoms with Gasteiger partial charge in [0, 0.05) is 25.5 Å². The molecule has 2 aromatic heterocycles. The summed E-state index contributed by atoms with van der Waals surface area (Å²) in [6, 6.07) is 8.86. The van der Waals surface area contributed by atoms with Crippen LogP contribution in [0.2, 0.25) is 0 Å². The third-order valence-electron chi connectivity index (χ3n) is 4.52. The number of aryl methyl sites for hydroxylation is 2. The minimum atomic E-state index is -3.57. The summed E-state index contributed by atoms with van der Waals surface area (Å²) in [6.45, 7) is 3.74. The van der Waals surface area contributed by atoms with Crippen LogP contribution in [0.25, 0.3) is 0 Å². The van der Waals surface area contributed by atoms with E-state index in [1.54, 1.807) is 29.1 Å². The van der Waals surface area contributed by atoms with Crippen molar-refractivity contribution in [1.82, 2.24) is 29.1 Å². The van der Waals surface area contributed by atoms with E-state index in [0.29, 0.717) is 31.0 Å². The highest BCUT2D eigenvalue weighted by Gasteiger charge is 2.29. The molecule has 0 aliphatic carbocycles. The molecule has 1 aromatic carbocycles. The molecule has 1 aliphatic heterocycles. The summed E-state index contributed by atoms with van der Waals surface area (Å²) in [6.07, 6.45) is 4.25. The molecule has 8 nitrogen and oxygen atoms in total. The van der Waals surface area contributed by atoms with Crippen LogP contribution >= 0.6 is 0 Å². The first-order valence-corrected chi connectivity index (χ1v) is 9.93. The van der Waals surface area contributed by atoms with E-state index < -0.39 is 10.0 Å². The average molecular weight is 372 g/mol. The maximum Gasteiger partial charge on any atom is 0.243 e. The van der Waals surface area contributed by atoms with Crippen molar-refractivity contribution < 1.29 is 8.42 Å². The summed E-state index contributed by atoms with van der Waals surface area (Å²) >= 11 is 0. The molecule has 3 heterocycles. The highest BCUT2D eigenvalue weighted by molar-refractivity contribution is 7.89. The lowest BCUT2D eigenvalue weighted by Crippen LogP contribution is -2.31. The molecule has 4 rings (SSSR count). The van der Waals surface area contributed by atoms with E-state index in [2.05, 4.69) is 15.4 Å².